The van der Waals surface area contributed by atoms with Crippen molar-refractivity contribution in [3.63, 3.8) is 0 Å². The fourth-order valence-corrected chi connectivity index (χ4v) is 3.50. The Morgan fingerprint density at radius 2 is 2.05 bits per heavy atom. The summed E-state index contributed by atoms with van der Waals surface area (Å²) < 4.78 is 72.7. The van der Waals surface area contributed by atoms with E-state index in [2.05, 4.69) is 0 Å². The van der Waals surface area contributed by atoms with Crippen LogP contribution in [0, 0.1) is 12.3 Å². The summed E-state index contributed by atoms with van der Waals surface area (Å²) in [6, 6.07) is -1.09. The second kappa shape index (κ2) is 5.36. The Bertz CT molecular complexity index is 497. The van der Waals surface area contributed by atoms with Gasteiger partial charge in [0.05, 0.1) is 18.1 Å². The number of halogens is 4. The molecule has 1 aliphatic heterocycles. The molecule has 0 radical (unpaired) electrons. The standard InChI is InChI=1S/C10H11F4NO3S/c1-2-4-15(7-3-5-19(17,18)6-7)9(16)10(13,14)8(11)12/h1,7-8H,3-6H2. The highest BCUT2D eigenvalue weighted by Crippen LogP contribution is 2.28. The van der Waals surface area contributed by atoms with Crippen LogP contribution in [0.25, 0.3) is 0 Å². The van der Waals surface area contributed by atoms with E-state index in [0.29, 0.717) is 4.90 Å². The number of nitrogens with zero attached hydrogens (tertiary/aromatic N) is 1. The first-order chi connectivity index (χ1) is 8.62. The van der Waals surface area contributed by atoms with Gasteiger partial charge in [0.15, 0.2) is 9.84 Å². The molecule has 0 saturated carbocycles. The minimum Gasteiger partial charge on any atom is -0.322 e. The lowest BCUT2D eigenvalue weighted by Gasteiger charge is -2.29. The van der Waals surface area contributed by atoms with Crippen LogP contribution in [0.5, 0.6) is 0 Å². The Kier molecular flexibility index (Phi) is 4.45. The first kappa shape index (κ1) is 15.8. The van der Waals surface area contributed by atoms with Crippen LogP contribution in [0.2, 0.25) is 0 Å². The van der Waals surface area contributed by atoms with Crippen molar-refractivity contribution in [1.29, 1.82) is 0 Å². The van der Waals surface area contributed by atoms with Crippen molar-refractivity contribution < 1.29 is 30.8 Å². The molecule has 1 atom stereocenters. The van der Waals surface area contributed by atoms with Crippen LogP contribution in [0.1, 0.15) is 6.42 Å². The highest BCUT2D eigenvalue weighted by atomic mass is 32.2. The quantitative estimate of drug-likeness (QED) is 0.562. The monoisotopic (exact) mass is 301 g/mol. The lowest BCUT2D eigenvalue weighted by atomic mass is 10.2. The van der Waals surface area contributed by atoms with Gasteiger partial charge in [0.25, 0.3) is 5.91 Å². The topological polar surface area (TPSA) is 54.5 Å². The summed E-state index contributed by atoms with van der Waals surface area (Å²) in [5, 5.41) is 0. The Balaban J connectivity index is 2.97. The molecule has 0 spiro atoms. The smallest absolute Gasteiger partial charge is 0.322 e. The minimum atomic E-state index is -4.87. The maximum absolute atomic E-state index is 13.0. The Hall–Kier alpha value is -1.30. The van der Waals surface area contributed by atoms with Gasteiger partial charge in [-0.3, -0.25) is 4.79 Å². The van der Waals surface area contributed by atoms with Crippen molar-refractivity contribution >= 4 is 15.7 Å². The molecule has 9 heteroatoms. The van der Waals surface area contributed by atoms with E-state index >= 15 is 0 Å². The van der Waals surface area contributed by atoms with Gasteiger partial charge in [-0.1, -0.05) is 5.92 Å². The van der Waals surface area contributed by atoms with Crippen molar-refractivity contribution in [3.8, 4) is 12.3 Å². The summed E-state index contributed by atoms with van der Waals surface area (Å²) in [6.07, 6.45) is 0.640. The van der Waals surface area contributed by atoms with Crippen LogP contribution in [0.3, 0.4) is 0 Å². The first-order valence-electron chi connectivity index (χ1n) is 5.22. The highest BCUT2D eigenvalue weighted by Gasteiger charge is 2.53. The number of amides is 1. The summed E-state index contributed by atoms with van der Waals surface area (Å²) in [7, 11) is -3.45. The number of alkyl halides is 4. The molecule has 1 heterocycles. The SMILES string of the molecule is C#CCN(C(=O)C(F)(F)C(F)F)C1CCS(=O)(=O)C1. The minimum absolute atomic E-state index is 0.0882. The zero-order valence-electron chi connectivity index (χ0n) is 9.65. The predicted molar refractivity (Wildman–Crippen MR) is 58.6 cm³/mol. The molecular formula is C10H11F4NO3S. The molecule has 108 valence electrons. The van der Waals surface area contributed by atoms with E-state index in [1.165, 1.54) is 0 Å². The molecule has 0 bridgehead atoms. The Labute approximate surface area is 107 Å². The maximum atomic E-state index is 13.0. The summed E-state index contributed by atoms with van der Waals surface area (Å²) in [5.41, 5.74) is 0. The molecule has 0 aromatic rings. The first-order valence-corrected chi connectivity index (χ1v) is 7.05. The largest absolute Gasteiger partial charge is 0.383 e. The Morgan fingerprint density at radius 1 is 1.47 bits per heavy atom. The van der Waals surface area contributed by atoms with Crippen LogP contribution in [-0.4, -0.2) is 55.7 Å². The molecule has 1 saturated heterocycles. The third kappa shape index (κ3) is 3.37. The van der Waals surface area contributed by atoms with Gasteiger partial charge in [-0.15, -0.1) is 6.42 Å². The molecule has 19 heavy (non-hydrogen) atoms. The van der Waals surface area contributed by atoms with Gasteiger partial charge in [0, 0.05) is 6.04 Å². The molecule has 1 unspecified atom stereocenters. The molecule has 1 rings (SSSR count). The molecular weight excluding hydrogens is 290 g/mol. The number of hydrogen-bond donors (Lipinski definition) is 0. The van der Waals surface area contributed by atoms with Crippen molar-refractivity contribution in [2.24, 2.45) is 0 Å². The van der Waals surface area contributed by atoms with Crippen LogP contribution in [0.15, 0.2) is 0 Å². The lowest BCUT2D eigenvalue weighted by Crippen LogP contribution is -2.52. The maximum Gasteiger partial charge on any atom is 0.383 e. The molecule has 0 aliphatic carbocycles. The van der Waals surface area contributed by atoms with E-state index in [-0.39, 0.29) is 12.2 Å². The average Bonchev–Trinajstić information content (AvgIpc) is 2.65. The van der Waals surface area contributed by atoms with E-state index in [1.807, 2.05) is 5.92 Å². The van der Waals surface area contributed by atoms with Gasteiger partial charge in [-0.2, -0.15) is 8.78 Å². The van der Waals surface area contributed by atoms with Gasteiger partial charge in [0.2, 0.25) is 0 Å². The van der Waals surface area contributed by atoms with Gasteiger partial charge in [0.1, 0.15) is 0 Å². The fourth-order valence-electron chi connectivity index (χ4n) is 1.77. The van der Waals surface area contributed by atoms with Crippen LogP contribution in [-0.2, 0) is 14.6 Å². The number of hydrogen-bond acceptors (Lipinski definition) is 3. The highest BCUT2D eigenvalue weighted by molar-refractivity contribution is 7.91. The van der Waals surface area contributed by atoms with Gasteiger partial charge < -0.3 is 4.90 Å². The lowest BCUT2D eigenvalue weighted by molar-refractivity contribution is -0.181. The van der Waals surface area contributed by atoms with Crippen molar-refractivity contribution in [2.75, 3.05) is 18.1 Å². The molecule has 1 fully saturated rings. The van der Waals surface area contributed by atoms with E-state index in [0.717, 1.165) is 0 Å². The number of rotatable bonds is 4. The van der Waals surface area contributed by atoms with Gasteiger partial charge in [-0.25, -0.2) is 17.2 Å². The zero-order valence-corrected chi connectivity index (χ0v) is 10.5. The van der Waals surface area contributed by atoms with Crippen molar-refractivity contribution in [1.82, 2.24) is 4.90 Å². The Morgan fingerprint density at radius 3 is 2.42 bits per heavy atom. The summed E-state index contributed by atoms with van der Waals surface area (Å²) in [4.78, 5) is 11.7. The molecule has 0 N–H and O–H groups in total. The third-order valence-corrected chi connectivity index (χ3v) is 4.48. The fraction of sp³-hybridized carbons (Fsp3) is 0.700. The van der Waals surface area contributed by atoms with E-state index in [9.17, 15) is 30.8 Å². The number of sulfone groups is 1. The normalized spacial score (nSPS) is 22.2. The second-order valence-corrected chi connectivity index (χ2v) is 6.35. The summed E-state index contributed by atoms with van der Waals surface area (Å²) >= 11 is 0. The van der Waals surface area contributed by atoms with E-state index in [4.69, 9.17) is 6.42 Å². The van der Waals surface area contributed by atoms with E-state index < -0.39 is 46.4 Å². The van der Waals surface area contributed by atoms with Crippen LogP contribution >= 0.6 is 0 Å². The van der Waals surface area contributed by atoms with Gasteiger partial charge in [-0.05, 0) is 6.42 Å². The van der Waals surface area contributed by atoms with Gasteiger partial charge >= 0.3 is 12.3 Å². The number of terminal acetylenes is 1. The molecule has 1 aliphatic rings. The second-order valence-electron chi connectivity index (χ2n) is 4.12. The molecule has 4 nitrogen and oxygen atoms in total. The summed E-state index contributed by atoms with van der Waals surface area (Å²) in [5.74, 6) is -5.94. The molecule has 0 aromatic carbocycles. The predicted octanol–water partition coefficient (Wildman–Crippen LogP) is 0.536. The third-order valence-electron chi connectivity index (χ3n) is 2.73. The number of carbonyl (C=O) groups excluding carboxylic acids is 1. The van der Waals surface area contributed by atoms with Crippen molar-refractivity contribution in [3.05, 3.63) is 0 Å². The van der Waals surface area contributed by atoms with Crippen LogP contribution < -0.4 is 0 Å². The number of carbonyl (C=O) groups is 1. The molecule has 1 amide bonds. The van der Waals surface area contributed by atoms with E-state index in [1.54, 1.807) is 0 Å². The molecule has 0 aromatic heterocycles. The zero-order chi connectivity index (χ0) is 14.8. The van der Waals surface area contributed by atoms with Crippen LogP contribution in [0.4, 0.5) is 17.6 Å². The van der Waals surface area contributed by atoms with Crippen molar-refractivity contribution in [2.45, 2.75) is 24.8 Å². The average molecular weight is 301 g/mol. The summed E-state index contributed by atoms with van der Waals surface area (Å²) in [6.45, 7) is -0.638.